The number of rotatable bonds is 0. The molecule has 1 saturated heterocycles. The normalized spacial score (nSPS) is 22.0. The molecule has 0 bridgehead atoms. The summed E-state index contributed by atoms with van der Waals surface area (Å²) in [7, 11) is 0. The molecule has 0 aliphatic carbocycles. The lowest BCUT2D eigenvalue weighted by molar-refractivity contribution is 0.281. The average molecular weight is 144 g/mol. The van der Waals surface area contributed by atoms with Gasteiger partial charge in [0.05, 0.1) is 6.61 Å². The molecule has 1 rings (SSSR count). The first-order valence-electron chi connectivity index (χ1n) is 3.55. The van der Waals surface area contributed by atoms with Crippen molar-refractivity contribution in [2.75, 3.05) is 6.61 Å². The molecule has 0 atom stereocenters. The van der Waals surface area contributed by atoms with Crippen molar-refractivity contribution in [3.8, 4) is 0 Å². The Kier molecular flexibility index (Phi) is 2.98. The molecule has 0 N–H and O–H groups in total. The Bertz CT molecular complexity index is 91.1. The van der Waals surface area contributed by atoms with Gasteiger partial charge in [-0.05, 0) is 25.1 Å². The molecule has 0 aromatic carbocycles. The van der Waals surface area contributed by atoms with Crippen molar-refractivity contribution < 1.29 is 4.74 Å². The molecule has 9 heavy (non-hydrogen) atoms. The van der Waals surface area contributed by atoms with E-state index in [1.165, 1.54) is 25.7 Å². The molecule has 0 amide bonds. The van der Waals surface area contributed by atoms with Crippen molar-refractivity contribution in [2.24, 2.45) is 0 Å². The van der Waals surface area contributed by atoms with E-state index in [1.54, 1.807) is 0 Å². The van der Waals surface area contributed by atoms with Gasteiger partial charge in [-0.15, -0.1) is 0 Å². The van der Waals surface area contributed by atoms with Crippen molar-refractivity contribution in [2.45, 2.75) is 32.1 Å². The maximum atomic E-state index is 5.21. The van der Waals surface area contributed by atoms with Gasteiger partial charge in [0.25, 0.3) is 0 Å². The molecule has 52 valence electrons. The Balaban J connectivity index is 2.20. The molecule has 0 radical (unpaired) electrons. The number of hydrogen-bond acceptors (Lipinski definition) is 2. The molecule has 1 heterocycles. The fraction of sp³-hybridized carbons (Fsp3) is 0.857. The highest BCUT2D eigenvalue weighted by atomic mass is 32.1. The molecule has 0 unspecified atom stereocenters. The molecular formula is C7H12OS. The predicted molar refractivity (Wildman–Crippen MR) is 41.6 cm³/mol. The van der Waals surface area contributed by atoms with Crippen LogP contribution in [0, 0.1) is 0 Å². The first kappa shape index (κ1) is 7.00. The summed E-state index contributed by atoms with van der Waals surface area (Å²) in [6, 6.07) is 0. The van der Waals surface area contributed by atoms with E-state index in [-0.39, 0.29) is 0 Å². The van der Waals surface area contributed by atoms with Gasteiger partial charge in [0, 0.05) is 6.42 Å². The molecule has 1 aliphatic heterocycles. The summed E-state index contributed by atoms with van der Waals surface area (Å²) in [6.07, 6.45) is 6.03. The van der Waals surface area contributed by atoms with Crippen molar-refractivity contribution in [1.82, 2.24) is 0 Å². The third-order valence-corrected chi connectivity index (χ3v) is 1.86. The van der Waals surface area contributed by atoms with Gasteiger partial charge in [-0.25, -0.2) is 0 Å². The molecule has 0 spiro atoms. The van der Waals surface area contributed by atoms with Crippen LogP contribution in [0.15, 0.2) is 0 Å². The molecule has 2 heteroatoms. The van der Waals surface area contributed by atoms with Crippen LogP contribution in [-0.4, -0.2) is 11.7 Å². The first-order chi connectivity index (χ1) is 4.39. The Morgan fingerprint density at radius 3 is 2.78 bits per heavy atom. The minimum atomic E-state index is 0.815. The summed E-state index contributed by atoms with van der Waals surface area (Å²) in [6.45, 7) is 0.846. The molecule has 0 aromatic heterocycles. The van der Waals surface area contributed by atoms with Gasteiger partial charge >= 0.3 is 0 Å². The van der Waals surface area contributed by atoms with E-state index in [0.29, 0.717) is 0 Å². The van der Waals surface area contributed by atoms with Gasteiger partial charge < -0.3 is 4.74 Å². The van der Waals surface area contributed by atoms with Crippen molar-refractivity contribution in [1.29, 1.82) is 0 Å². The summed E-state index contributed by atoms with van der Waals surface area (Å²) in [5.74, 6) is 0. The molecule has 1 aliphatic rings. The highest BCUT2D eigenvalue weighted by molar-refractivity contribution is 7.80. The van der Waals surface area contributed by atoms with Crippen LogP contribution >= 0.6 is 12.2 Å². The smallest absolute Gasteiger partial charge is 0.159 e. The second-order valence-electron chi connectivity index (χ2n) is 2.38. The van der Waals surface area contributed by atoms with Crippen LogP contribution in [0.3, 0.4) is 0 Å². The summed E-state index contributed by atoms with van der Waals surface area (Å²) < 4.78 is 5.21. The summed E-state index contributed by atoms with van der Waals surface area (Å²) >= 11 is 4.93. The van der Waals surface area contributed by atoms with Crippen molar-refractivity contribution >= 4 is 17.3 Å². The summed E-state index contributed by atoms with van der Waals surface area (Å²) in [5, 5.41) is 0.815. The van der Waals surface area contributed by atoms with E-state index >= 15 is 0 Å². The van der Waals surface area contributed by atoms with Crippen LogP contribution in [-0.2, 0) is 4.74 Å². The second-order valence-corrected chi connectivity index (χ2v) is 2.84. The molecule has 1 nitrogen and oxygen atoms in total. The van der Waals surface area contributed by atoms with Crippen LogP contribution in [0.5, 0.6) is 0 Å². The van der Waals surface area contributed by atoms with Gasteiger partial charge in [0.2, 0.25) is 0 Å². The summed E-state index contributed by atoms with van der Waals surface area (Å²) in [4.78, 5) is 0. The van der Waals surface area contributed by atoms with Crippen LogP contribution in [0.2, 0.25) is 0 Å². The molecule has 0 saturated carbocycles. The third kappa shape index (κ3) is 2.80. The lowest BCUT2D eigenvalue weighted by atomic mass is 10.1. The molecule has 0 aromatic rings. The highest BCUT2D eigenvalue weighted by Gasteiger charge is 2.01. The fourth-order valence-corrected chi connectivity index (χ4v) is 1.21. The van der Waals surface area contributed by atoms with Gasteiger partial charge in [-0.2, -0.15) is 0 Å². The summed E-state index contributed by atoms with van der Waals surface area (Å²) in [5.41, 5.74) is 0. The molecule has 1 fully saturated rings. The Hall–Kier alpha value is -0.110. The second kappa shape index (κ2) is 3.83. The van der Waals surface area contributed by atoms with Crippen molar-refractivity contribution in [3.05, 3.63) is 0 Å². The van der Waals surface area contributed by atoms with Crippen LogP contribution in [0.1, 0.15) is 32.1 Å². The minimum Gasteiger partial charge on any atom is -0.487 e. The SMILES string of the molecule is S=C1CCCCCCO1. The van der Waals surface area contributed by atoms with Crippen LogP contribution < -0.4 is 0 Å². The lowest BCUT2D eigenvalue weighted by Gasteiger charge is -2.10. The van der Waals surface area contributed by atoms with E-state index in [4.69, 9.17) is 17.0 Å². The zero-order chi connectivity index (χ0) is 6.53. The van der Waals surface area contributed by atoms with Gasteiger partial charge in [0.1, 0.15) is 0 Å². The lowest BCUT2D eigenvalue weighted by Crippen LogP contribution is -2.05. The zero-order valence-corrected chi connectivity index (χ0v) is 6.38. The Labute approximate surface area is 61.4 Å². The van der Waals surface area contributed by atoms with Gasteiger partial charge in [0.15, 0.2) is 5.05 Å². The maximum absolute atomic E-state index is 5.21. The maximum Gasteiger partial charge on any atom is 0.159 e. The third-order valence-electron chi connectivity index (χ3n) is 1.54. The van der Waals surface area contributed by atoms with Gasteiger partial charge in [-0.3, -0.25) is 0 Å². The Morgan fingerprint density at radius 1 is 1.11 bits per heavy atom. The quantitative estimate of drug-likeness (QED) is 0.482. The van der Waals surface area contributed by atoms with E-state index in [2.05, 4.69) is 0 Å². The average Bonchev–Trinajstić information content (AvgIpc) is 1.79. The largest absolute Gasteiger partial charge is 0.487 e. The number of thiocarbonyl (C=S) groups is 1. The van der Waals surface area contributed by atoms with E-state index < -0.39 is 0 Å². The first-order valence-corrected chi connectivity index (χ1v) is 3.96. The van der Waals surface area contributed by atoms with E-state index in [0.717, 1.165) is 18.1 Å². The van der Waals surface area contributed by atoms with Gasteiger partial charge in [-0.1, -0.05) is 12.8 Å². The van der Waals surface area contributed by atoms with E-state index in [1.807, 2.05) is 0 Å². The van der Waals surface area contributed by atoms with Crippen LogP contribution in [0.4, 0.5) is 0 Å². The number of hydrogen-bond donors (Lipinski definition) is 0. The zero-order valence-electron chi connectivity index (χ0n) is 5.56. The predicted octanol–water partition coefficient (Wildman–Crippen LogP) is 2.29. The van der Waals surface area contributed by atoms with Crippen molar-refractivity contribution in [3.63, 3.8) is 0 Å². The number of ether oxygens (including phenoxy) is 1. The van der Waals surface area contributed by atoms with Crippen LogP contribution in [0.25, 0.3) is 0 Å². The fourth-order valence-electron chi connectivity index (χ4n) is 0.983. The Morgan fingerprint density at radius 2 is 1.89 bits per heavy atom. The monoisotopic (exact) mass is 144 g/mol. The standard InChI is InChI=1S/C7H12OS/c9-7-5-3-1-2-4-6-8-7/h1-6H2. The minimum absolute atomic E-state index is 0.815. The topological polar surface area (TPSA) is 9.23 Å². The molecular weight excluding hydrogens is 132 g/mol. The highest BCUT2D eigenvalue weighted by Crippen LogP contribution is 2.09. The van der Waals surface area contributed by atoms with E-state index in [9.17, 15) is 0 Å².